The van der Waals surface area contributed by atoms with Gasteiger partial charge in [-0.15, -0.1) is 0 Å². The molecule has 7 rings (SSSR count). The van der Waals surface area contributed by atoms with Gasteiger partial charge in [0.05, 0.1) is 29.0 Å². The largest absolute Gasteiger partial charge is 0.510 e. The molecule has 1 atom stereocenters. The van der Waals surface area contributed by atoms with Gasteiger partial charge in [0, 0.05) is 22.6 Å². The van der Waals surface area contributed by atoms with Crippen LogP contribution in [0.2, 0.25) is 0 Å². The smallest absolute Gasteiger partial charge is 0.457 e. The highest BCUT2D eigenvalue weighted by Gasteiger charge is 2.51. The summed E-state index contributed by atoms with van der Waals surface area (Å²) in [4.78, 5) is 44.5. The quantitative estimate of drug-likeness (QED) is 0.318. The minimum Gasteiger partial charge on any atom is -0.457 e. The Morgan fingerprint density at radius 2 is 1.85 bits per heavy atom. The number of benzene rings is 2. The standard InChI is InChI=1S/C29H22N2O8/c1-2-29(39-28(34)36-13-16-6-4-3-5-7-16)20-10-22-25-18(12-31(22)26(32)19(20)14-35-27(29)33)8-17-9-23-24(38-15-37-23)11-21(17)30-25/h3-11H,2,12-15H2,1H3/t29-/m0/s1. The van der Waals surface area contributed by atoms with Crippen molar-refractivity contribution in [3.63, 3.8) is 0 Å². The van der Waals surface area contributed by atoms with E-state index in [1.165, 1.54) is 0 Å². The van der Waals surface area contributed by atoms with Crippen LogP contribution in [-0.4, -0.2) is 28.5 Å². The number of ether oxygens (including phenoxy) is 5. The second-order valence-corrected chi connectivity index (χ2v) is 9.59. The number of carbonyl (C=O) groups is 2. The average molecular weight is 527 g/mol. The minimum absolute atomic E-state index is 0.0307. The molecule has 0 radical (unpaired) electrons. The molecule has 0 saturated heterocycles. The lowest BCUT2D eigenvalue weighted by Gasteiger charge is -2.35. The monoisotopic (exact) mass is 526 g/mol. The summed E-state index contributed by atoms with van der Waals surface area (Å²) >= 11 is 0. The van der Waals surface area contributed by atoms with E-state index < -0.39 is 17.7 Å². The van der Waals surface area contributed by atoms with E-state index in [0.717, 1.165) is 16.5 Å². The summed E-state index contributed by atoms with van der Waals surface area (Å²) in [5.41, 5.74) is 1.81. The number of pyridine rings is 2. The number of esters is 1. The highest BCUT2D eigenvalue weighted by atomic mass is 16.7. The van der Waals surface area contributed by atoms with Gasteiger partial charge in [0.25, 0.3) is 5.56 Å². The Bertz CT molecular complexity index is 1750. The molecule has 10 heteroatoms. The van der Waals surface area contributed by atoms with E-state index >= 15 is 0 Å². The van der Waals surface area contributed by atoms with Gasteiger partial charge in [-0.05, 0) is 30.2 Å². The van der Waals surface area contributed by atoms with E-state index in [1.807, 2.05) is 30.3 Å². The molecule has 0 bridgehead atoms. The van der Waals surface area contributed by atoms with Crippen LogP contribution in [0.25, 0.3) is 22.3 Å². The molecule has 0 unspecified atom stereocenters. The summed E-state index contributed by atoms with van der Waals surface area (Å²) in [6, 6.07) is 16.5. The zero-order valence-corrected chi connectivity index (χ0v) is 20.9. The molecule has 0 amide bonds. The number of cyclic esters (lactones) is 1. The third-order valence-electron chi connectivity index (χ3n) is 7.43. The van der Waals surface area contributed by atoms with Crippen LogP contribution in [0.5, 0.6) is 11.5 Å². The number of aromatic nitrogens is 2. The molecule has 39 heavy (non-hydrogen) atoms. The van der Waals surface area contributed by atoms with Crippen LogP contribution in [0.3, 0.4) is 0 Å². The summed E-state index contributed by atoms with van der Waals surface area (Å²) in [5, 5.41) is 0.856. The number of hydrogen-bond acceptors (Lipinski definition) is 9. The van der Waals surface area contributed by atoms with Crippen molar-refractivity contribution in [1.82, 2.24) is 9.55 Å². The Labute approximate surface area is 221 Å². The van der Waals surface area contributed by atoms with Gasteiger partial charge >= 0.3 is 12.1 Å². The number of hydrogen-bond donors (Lipinski definition) is 0. The SMILES string of the molecule is CC[C@@]1(OC(=O)OCc2ccccc2)C(=O)OCc2c1cc1n(c2=O)Cc2cc3cc4c(cc3nc2-1)OCO4. The Kier molecular flexibility index (Phi) is 5.12. The van der Waals surface area contributed by atoms with E-state index in [2.05, 4.69) is 0 Å². The van der Waals surface area contributed by atoms with Gasteiger partial charge < -0.3 is 28.3 Å². The van der Waals surface area contributed by atoms with Gasteiger partial charge in [-0.3, -0.25) is 4.79 Å². The van der Waals surface area contributed by atoms with Crippen LogP contribution in [0.15, 0.2) is 59.4 Å². The summed E-state index contributed by atoms with van der Waals surface area (Å²) in [6.45, 7) is 1.90. The third kappa shape index (κ3) is 3.55. The average Bonchev–Trinajstić information content (AvgIpc) is 3.55. The second-order valence-electron chi connectivity index (χ2n) is 9.59. The first-order valence-electron chi connectivity index (χ1n) is 12.5. The van der Waals surface area contributed by atoms with Crippen molar-refractivity contribution in [2.24, 2.45) is 0 Å². The number of fused-ring (bicyclic) bond motifs is 6. The van der Waals surface area contributed by atoms with E-state index in [4.69, 9.17) is 28.7 Å². The highest BCUT2D eigenvalue weighted by Crippen LogP contribution is 2.42. The van der Waals surface area contributed by atoms with Crippen molar-refractivity contribution in [2.75, 3.05) is 6.79 Å². The molecule has 196 valence electrons. The first-order valence-corrected chi connectivity index (χ1v) is 12.5. The van der Waals surface area contributed by atoms with Crippen molar-refractivity contribution in [1.29, 1.82) is 0 Å². The Morgan fingerprint density at radius 1 is 1.05 bits per heavy atom. The molecular weight excluding hydrogens is 504 g/mol. The molecule has 0 aliphatic carbocycles. The van der Waals surface area contributed by atoms with E-state index in [9.17, 15) is 14.4 Å². The molecule has 5 heterocycles. The number of rotatable bonds is 4. The van der Waals surface area contributed by atoms with Gasteiger partial charge in [0.1, 0.15) is 13.2 Å². The molecule has 4 aromatic rings. The zero-order chi connectivity index (χ0) is 26.7. The number of nitrogens with zero attached hydrogens (tertiary/aromatic N) is 2. The molecule has 0 spiro atoms. The maximum Gasteiger partial charge on any atom is 0.510 e. The van der Waals surface area contributed by atoms with Crippen molar-refractivity contribution < 1.29 is 33.3 Å². The van der Waals surface area contributed by atoms with E-state index in [0.29, 0.717) is 34.9 Å². The first-order chi connectivity index (χ1) is 19.0. The maximum absolute atomic E-state index is 13.7. The molecule has 3 aliphatic rings. The van der Waals surface area contributed by atoms with Crippen LogP contribution in [0.1, 0.15) is 35.6 Å². The molecule has 0 saturated carbocycles. The van der Waals surface area contributed by atoms with Crippen molar-refractivity contribution in [3.8, 4) is 22.9 Å². The molecule has 10 nitrogen and oxygen atoms in total. The Morgan fingerprint density at radius 3 is 2.64 bits per heavy atom. The molecule has 2 aromatic carbocycles. The van der Waals surface area contributed by atoms with Crippen LogP contribution >= 0.6 is 0 Å². The topological polar surface area (TPSA) is 115 Å². The lowest BCUT2D eigenvalue weighted by Crippen LogP contribution is -2.47. The summed E-state index contributed by atoms with van der Waals surface area (Å²) < 4.78 is 28.9. The lowest BCUT2D eigenvalue weighted by atomic mass is 9.85. The summed E-state index contributed by atoms with van der Waals surface area (Å²) in [6.07, 6.45) is -0.990. The van der Waals surface area contributed by atoms with Crippen LogP contribution in [-0.2, 0) is 44.4 Å². The van der Waals surface area contributed by atoms with Gasteiger partial charge in [-0.25, -0.2) is 14.6 Å². The predicted octanol–water partition coefficient (Wildman–Crippen LogP) is 4.17. The second kappa shape index (κ2) is 8.59. The fourth-order valence-corrected chi connectivity index (χ4v) is 5.42. The normalized spacial score (nSPS) is 18.2. The van der Waals surface area contributed by atoms with Gasteiger partial charge in [0.15, 0.2) is 11.5 Å². The van der Waals surface area contributed by atoms with E-state index in [-0.39, 0.29) is 43.1 Å². The Balaban J connectivity index is 1.30. The lowest BCUT2D eigenvalue weighted by molar-refractivity contribution is -0.175. The molecule has 0 fully saturated rings. The van der Waals surface area contributed by atoms with Crippen molar-refractivity contribution in [3.05, 3.63) is 87.2 Å². The molecular formula is C29H22N2O8. The van der Waals surface area contributed by atoms with Crippen molar-refractivity contribution >= 4 is 23.0 Å². The van der Waals surface area contributed by atoms with E-state index in [1.54, 1.807) is 35.8 Å². The molecule has 2 aromatic heterocycles. The first kappa shape index (κ1) is 23.3. The fourth-order valence-electron chi connectivity index (χ4n) is 5.42. The van der Waals surface area contributed by atoms with Crippen LogP contribution < -0.4 is 15.0 Å². The van der Waals surface area contributed by atoms with Gasteiger partial charge in [0.2, 0.25) is 12.4 Å². The summed E-state index contributed by atoms with van der Waals surface area (Å²) in [5.74, 6) is 0.494. The fraction of sp³-hybridized carbons (Fsp3) is 0.241. The van der Waals surface area contributed by atoms with Gasteiger partial charge in [-0.1, -0.05) is 37.3 Å². The third-order valence-corrected chi connectivity index (χ3v) is 7.43. The minimum atomic E-state index is -1.83. The molecule has 3 aliphatic heterocycles. The molecule has 0 N–H and O–H groups in total. The zero-order valence-electron chi connectivity index (χ0n) is 20.9. The van der Waals surface area contributed by atoms with Crippen LogP contribution in [0.4, 0.5) is 4.79 Å². The highest BCUT2D eigenvalue weighted by molar-refractivity contribution is 5.89. The maximum atomic E-state index is 13.7. The van der Waals surface area contributed by atoms with Crippen molar-refractivity contribution in [2.45, 2.75) is 38.7 Å². The predicted molar refractivity (Wildman–Crippen MR) is 136 cm³/mol. The summed E-state index contributed by atoms with van der Waals surface area (Å²) in [7, 11) is 0. The van der Waals surface area contributed by atoms with Gasteiger partial charge in [-0.2, -0.15) is 0 Å². The Hall–Kier alpha value is -4.86. The number of carbonyl (C=O) groups excluding carboxylic acids is 2. The van der Waals surface area contributed by atoms with Crippen LogP contribution in [0, 0.1) is 0 Å².